The highest BCUT2D eigenvalue weighted by Crippen LogP contribution is 2.26. The van der Waals surface area contributed by atoms with Crippen LogP contribution >= 0.6 is 0 Å². The van der Waals surface area contributed by atoms with Crippen molar-refractivity contribution in [3.63, 3.8) is 0 Å². The molecular formula is C24H34N6O2. The van der Waals surface area contributed by atoms with Crippen LogP contribution in [0.15, 0.2) is 35.9 Å². The Balaban J connectivity index is 1.51. The van der Waals surface area contributed by atoms with Crippen LogP contribution in [0.25, 0.3) is 0 Å². The number of pyridine rings is 1. The van der Waals surface area contributed by atoms with Crippen LogP contribution in [-0.4, -0.2) is 65.8 Å². The van der Waals surface area contributed by atoms with E-state index in [1.54, 1.807) is 13.3 Å². The van der Waals surface area contributed by atoms with E-state index < -0.39 is 0 Å². The summed E-state index contributed by atoms with van der Waals surface area (Å²) in [5, 5.41) is 17.0. The number of hydrogen-bond acceptors (Lipinski definition) is 7. The average Bonchev–Trinajstić information content (AvgIpc) is 3.13. The fraction of sp³-hybridized carbons (Fsp3) is 0.542. The Bertz CT molecular complexity index is 975. The Morgan fingerprint density at radius 2 is 2.03 bits per heavy atom. The molecule has 2 aliphatic heterocycles. The molecule has 2 N–H and O–H groups in total. The number of anilines is 1. The molecule has 0 aliphatic carbocycles. The Kier molecular flexibility index (Phi) is 7.22. The van der Waals surface area contributed by atoms with E-state index in [0.29, 0.717) is 37.1 Å². The van der Waals surface area contributed by atoms with Gasteiger partial charge in [-0.2, -0.15) is 5.10 Å². The Hall–Kier alpha value is -2.71. The minimum atomic E-state index is 0.519. The minimum Gasteiger partial charge on any atom is -0.481 e. The summed E-state index contributed by atoms with van der Waals surface area (Å²) in [6.07, 6.45) is 9.45. The summed E-state index contributed by atoms with van der Waals surface area (Å²) in [6, 6.07) is 2.02. The molecular weight excluding hydrogens is 404 g/mol. The third-order valence-corrected chi connectivity index (χ3v) is 6.38. The van der Waals surface area contributed by atoms with Crippen molar-refractivity contribution < 1.29 is 9.47 Å². The second kappa shape index (κ2) is 10.3. The maximum atomic E-state index is 8.93. The molecule has 0 unspecified atom stereocenters. The second-order valence-electron chi connectivity index (χ2n) is 8.82. The van der Waals surface area contributed by atoms with Crippen LogP contribution in [0.2, 0.25) is 0 Å². The van der Waals surface area contributed by atoms with Crippen molar-refractivity contribution >= 4 is 11.4 Å². The summed E-state index contributed by atoms with van der Waals surface area (Å²) in [7, 11) is 3.81. The zero-order valence-electron chi connectivity index (χ0n) is 19.4. The van der Waals surface area contributed by atoms with Gasteiger partial charge in [-0.1, -0.05) is 0 Å². The average molecular weight is 439 g/mol. The Morgan fingerprint density at radius 1 is 1.25 bits per heavy atom. The van der Waals surface area contributed by atoms with Gasteiger partial charge in [0.25, 0.3) is 0 Å². The lowest BCUT2D eigenvalue weighted by Crippen LogP contribution is -2.31. The van der Waals surface area contributed by atoms with Crippen LogP contribution in [0.4, 0.5) is 5.69 Å². The normalized spacial score (nSPS) is 18.5. The molecule has 4 rings (SSSR count). The molecule has 2 aromatic heterocycles. The first-order valence-electron chi connectivity index (χ1n) is 11.4. The first-order chi connectivity index (χ1) is 15.5. The molecule has 0 aromatic carbocycles. The fourth-order valence-electron chi connectivity index (χ4n) is 4.46. The number of nitrogens with one attached hydrogen (secondary N) is 2. The summed E-state index contributed by atoms with van der Waals surface area (Å²) in [4.78, 5) is 6.75. The molecule has 8 nitrogen and oxygen atoms in total. The van der Waals surface area contributed by atoms with Gasteiger partial charge in [0.15, 0.2) is 0 Å². The van der Waals surface area contributed by atoms with E-state index in [4.69, 9.17) is 14.9 Å². The smallest absolute Gasteiger partial charge is 0.216 e. The van der Waals surface area contributed by atoms with E-state index in [1.165, 1.54) is 12.8 Å². The monoisotopic (exact) mass is 438 g/mol. The molecule has 172 valence electrons. The Morgan fingerprint density at radius 3 is 2.78 bits per heavy atom. The first-order valence-corrected chi connectivity index (χ1v) is 11.4. The van der Waals surface area contributed by atoms with Gasteiger partial charge in [0.05, 0.1) is 44.1 Å². The van der Waals surface area contributed by atoms with Crippen LogP contribution in [-0.2, 0) is 11.3 Å². The van der Waals surface area contributed by atoms with Crippen molar-refractivity contribution in [2.24, 2.45) is 5.92 Å². The number of rotatable bonds is 7. The quantitative estimate of drug-likeness (QED) is 0.644. The lowest BCUT2D eigenvalue weighted by atomic mass is 9.97. The highest BCUT2D eigenvalue weighted by Gasteiger charge is 2.21. The maximum Gasteiger partial charge on any atom is 0.216 e. The van der Waals surface area contributed by atoms with E-state index in [-0.39, 0.29) is 0 Å². The number of ether oxygens (including phenoxy) is 2. The summed E-state index contributed by atoms with van der Waals surface area (Å²) in [5.74, 6) is 1.28. The van der Waals surface area contributed by atoms with Crippen LogP contribution in [0.1, 0.15) is 36.8 Å². The molecule has 2 aliphatic rings. The van der Waals surface area contributed by atoms with Gasteiger partial charge in [-0.05, 0) is 63.9 Å². The van der Waals surface area contributed by atoms with Gasteiger partial charge in [0.1, 0.15) is 0 Å². The maximum absolute atomic E-state index is 8.93. The van der Waals surface area contributed by atoms with Crippen molar-refractivity contribution in [3.8, 4) is 5.88 Å². The number of methoxy groups -OCH3 is 1. The molecule has 0 bridgehead atoms. The van der Waals surface area contributed by atoms with Crippen molar-refractivity contribution in [1.82, 2.24) is 19.7 Å². The number of piperidine rings is 1. The predicted octanol–water partition coefficient (Wildman–Crippen LogP) is 3.48. The molecule has 0 atom stereocenters. The van der Waals surface area contributed by atoms with Crippen LogP contribution < -0.4 is 10.1 Å². The zero-order chi connectivity index (χ0) is 22.5. The topological polar surface area (TPSA) is 88.3 Å². The number of likely N-dealkylation sites (tertiary alicyclic amines) is 1. The van der Waals surface area contributed by atoms with Crippen molar-refractivity contribution in [2.45, 2.75) is 39.2 Å². The molecule has 0 radical (unpaired) electrons. The van der Waals surface area contributed by atoms with Crippen molar-refractivity contribution in [2.75, 3.05) is 45.8 Å². The van der Waals surface area contributed by atoms with Gasteiger partial charge in [0, 0.05) is 36.0 Å². The van der Waals surface area contributed by atoms with Crippen LogP contribution in [0.3, 0.4) is 0 Å². The molecule has 2 aromatic rings. The van der Waals surface area contributed by atoms with Crippen molar-refractivity contribution in [1.29, 1.82) is 5.41 Å². The summed E-state index contributed by atoms with van der Waals surface area (Å²) in [5.41, 5.74) is 5.24. The largest absolute Gasteiger partial charge is 0.481 e. The second-order valence-corrected chi connectivity index (χ2v) is 8.82. The summed E-state index contributed by atoms with van der Waals surface area (Å²) in [6.45, 7) is 6.45. The van der Waals surface area contributed by atoms with Crippen LogP contribution in [0, 0.1) is 18.3 Å². The third kappa shape index (κ3) is 5.37. The fourth-order valence-corrected chi connectivity index (χ4v) is 4.46. The molecule has 8 heteroatoms. The van der Waals surface area contributed by atoms with Gasteiger partial charge in [-0.3, -0.25) is 10.1 Å². The van der Waals surface area contributed by atoms with Crippen LogP contribution in [0.5, 0.6) is 5.88 Å². The highest BCUT2D eigenvalue weighted by atomic mass is 16.5. The lowest BCUT2D eigenvalue weighted by molar-refractivity contribution is 0.146. The molecule has 32 heavy (non-hydrogen) atoms. The summed E-state index contributed by atoms with van der Waals surface area (Å²) >= 11 is 0. The summed E-state index contributed by atoms with van der Waals surface area (Å²) < 4.78 is 13.0. The van der Waals surface area contributed by atoms with E-state index in [1.807, 2.05) is 30.1 Å². The zero-order valence-corrected chi connectivity index (χ0v) is 19.4. The number of nitrogens with zero attached hydrogens (tertiary/aromatic N) is 4. The van der Waals surface area contributed by atoms with Crippen molar-refractivity contribution in [3.05, 3.63) is 47.1 Å². The number of hydrogen-bond donors (Lipinski definition) is 2. The predicted molar refractivity (Wildman–Crippen MR) is 126 cm³/mol. The SMILES string of the molecule is COc1ncc(NC2=C(C(=N)c3cnn(CC4CCN(C)CC4)c3)CCOCC2)cc1C. The van der Waals surface area contributed by atoms with Gasteiger partial charge in [0.2, 0.25) is 5.88 Å². The standard InChI is InChI=1S/C24H34N6O2/c1-17-12-20(14-26-24(17)31-3)28-22-7-11-32-10-6-21(22)23(25)19-13-27-30(16-19)15-18-4-8-29(2)9-5-18/h12-14,16,18,25,28H,4-11,15H2,1-3H3. The molecule has 0 spiro atoms. The number of aromatic nitrogens is 3. The van der Waals surface area contributed by atoms with Gasteiger partial charge >= 0.3 is 0 Å². The van der Waals surface area contributed by atoms with Gasteiger partial charge < -0.3 is 19.7 Å². The molecule has 1 saturated heterocycles. The third-order valence-electron chi connectivity index (χ3n) is 6.38. The van der Waals surface area contributed by atoms with Gasteiger partial charge in [-0.15, -0.1) is 0 Å². The van der Waals surface area contributed by atoms with E-state index >= 15 is 0 Å². The highest BCUT2D eigenvalue weighted by molar-refractivity contribution is 6.11. The van der Waals surface area contributed by atoms with E-state index in [0.717, 1.165) is 54.1 Å². The number of aryl methyl sites for hydroxylation is 1. The first kappa shape index (κ1) is 22.5. The van der Waals surface area contributed by atoms with Gasteiger partial charge in [-0.25, -0.2) is 4.98 Å². The van der Waals surface area contributed by atoms with E-state index in [9.17, 15) is 0 Å². The lowest BCUT2D eigenvalue weighted by Gasteiger charge is -2.28. The molecule has 0 saturated carbocycles. The molecule has 4 heterocycles. The van der Waals surface area contributed by atoms with E-state index in [2.05, 4.69) is 27.3 Å². The Labute approximate surface area is 190 Å². The minimum absolute atomic E-state index is 0.519. The molecule has 0 amide bonds. The molecule has 1 fully saturated rings.